The van der Waals surface area contributed by atoms with E-state index in [0.717, 1.165) is 49.0 Å². The van der Waals surface area contributed by atoms with Crippen molar-refractivity contribution in [2.24, 2.45) is 11.3 Å². The minimum atomic E-state index is -4.42. The van der Waals surface area contributed by atoms with Gasteiger partial charge in [-0.1, -0.05) is 22.4 Å². The van der Waals surface area contributed by atoms with E-state index in [1.165, 1.54) is 0 Å². The van der Waals surface area contributed by atoms with Gasteiger partial charge in [-0.25, -0.2) is 8.78 Å². The van der Waals surface area contributed by atoms with Gasteiger partial charge in [0.1, 0.15) is 5.41 Å². The van der Waals surface area contributed by atoms with Crippen LogP contribution in [0.25, 0.3) is 11.3 Å². The quantitative estimate of drug-likeness (QED) is 0.213. The van der Waals surface area contributed by atoms with Crippen LogP contribution in [0.1, 0.15) is 120 Å². The first-order valence-electron chi connectivity index (χ1n) is 17.1. The Balaban J connectivity index is 1.02. The summed E-state index contributed by atoms with van der Waals surface area (Å²) in [4.78, 5) is 20.3. The van der Waals surface area contributed by atoms with Crippen molar-refractivity contribution in [1.82, 2.24) is 15.3 Å². The number of fused-ring (bicyclic) bond motifs is 3. The number of benzene rings is 1. The third-order valence-corrected chi connectivity index (χ3v) is 12.1. The molecule has 0 aliphatic heterocycles. The van der Waals surface area contributed by atoms with Gasteiger partial charge < -0.3 is 13.9 Å². The monoisotopic (exact) mass is 658 g/mol. The number of halogens is 5. The number of amides is 1. The molecular weight excluding hydrogens is 619 g/mol. The zero-order chi connectivity index (χ0) is 32.7. The number of rotatable bonds is 9. The van der Waals surface area contributed by atoms with Gasteiger partial charge in [0.15, 0.2) is 11.6 Å². The summed E-state index contributed by atoms with van der Waals surface area (Å²) in [6.45, 7) is 0.479. The fourth-order valence-electron chi connectivity index (χ4n) is 8.36. The average Bonchev–Trinajstić information content (AvgIpc) is 3.98. The molecule has 0 spiro atoms. The maximum Gasteiger partial charge on any atom is 0.403 e. The van der Waals surface area contributed by atoms with Crippen molar-refractivity contribution in [2.75, 3.05) is 11.4 Å². The first-order valence-corrected chi connectivity index (χ1v) is 17.1. The molecule has 9 rings (SSSR count). The first kappa shape index (κ1) is 31.0. The Hall–Kier alpha value is -3.31. The van der Waals surface area contributed by atoms with Crippen LogP contribution in [0.2, 0.25) is 0 Å². The molecule has 0 unspecified atom stereocenters. The van der Waals surface area contributed by atoms with E-state index in [0.29, 0.717) is 56.2 Å². The van der Waals surface area contributed by atoms with E-state index >= 15 is 0 Å². The molecule has 1 aromatic carbocycles. The van der Waals surface area contributed by atoms with E-state index < -0.39 is 22.9 Å². The van der Waals surface area contributed by atoms with Gasteiger partial charge in [0.2, 0.25) is 17.7 Å². The normalized spacial score (nSPS) is 28.4. The van der Waals surface area contributed by atoms with E-state index in [-0.39, 0.29) is 55.2 Å². The van der Waals surface area contributed by atoms with Crippen molar-refractivity contribution < 1.29 is 35.8 Å². The average molecular weight is 659 g/mol. The van der Waals surface area contributed by atoms with Crippen molar-refractivity contribution >= 4 is 11.6 Å². The molecule has 0 atom stereocenters. The van der Waals surface area contributed by atoms with Gasteiger partial charge in [0.25, 0.3) is 0 Å². The molecule has 252 valence electrons. The summed E-state index contributed by atoms with van der Waals surface area (Å²) in [6, 6.07) is 9.67. The highest BCUT2D eigenvalue weighted by Crippen LogP contribution is 2.61. The van der Waals surface area contributed by atoms with Crippen LogP contribution in [0.5, 0.6) is 0 Å². The second kappa shape index (κ2) is 10.9. The van der Waals surface area contributed by atoms with Crippen LogP contribution in [-0.4, -0.2) is 39.8 Å². The number of hydrogen-bond acceptors (Lipinski definition) is 6. The van der Waals surface area contributed by atoms with E-state index in [1.807, 2.05) is 35.2 Å². The Kier molecular flexibility index (Phi) is 7.15. The van der Waals surface area contributed by atoms with Crippen LogP contribution in [0, 0.1) is 11.3 Å². The summed E-state index contributed by atoms with van der Waals surface area (Å²) >= 11 is 0. The first-order chi connectivity index (χ1) is 22.4. The lowest BCUT2D eigenvalue weighted by atomic mass is 9.53. The van der Waals surface area contributed by atoms with Gasteiger partial charge in [0.05, 0.1) is 5.69 Å². The highest BCUT2D eigenvalue weighted by atomic mass is 19.4. The SMILES string of the molecule is O=C(CC1CCC(F)(F)CC1)N(CC12CCC(c3noc(C4(C(F)(F)F)CC4)n3)(CC1)CC2)c1cccc(-c2cc(C3CC3)no2)c1. The van der Waals surface area contributed by atoms with Gasteiger partial charge in [-0.05, 0) is 101 Å². The van der Waals surface area contributed by atoms with Crippen LogP contribution in [-0.2, 0) is 15.6 Å². The van der Waals surface area contributed by atoms with Crippen molar-refractivity contribution in [2.45, 2.75) is 125 Å². The number of hydrogen-bond donors (Lipinski definition) is 0. The van der Waals surface area contributed by atoms with Gasteiger partial charge in [-0.2, -0.15) is 18.2 Å². The lowest BCUT2D eigenvalue weighted by Gasteiger charge is -2.53. The number of carbonyl (C=O) groups is 1. The summed E-state index contributed by atoms with van der Waals surface area (Å²) in [5, 5.41) is 8.35. The van der Waals surface area contributed by atoms with Crippen LogP contribution in [0.4, 0.5) is 27.6 Å². The summed E-state index contributed by atoms with van der Waals surface area (Å²) in [6.07, 6.45) is 2.63. The zero-order valence-corrected chi connectivity index (χ0v) is 26.3. The summed E-state index contributed by atoms with van der Waals surface area (Å²) in [5.74, 6) is -1.68. The number of alkyl halides is 5. The van der Waals surface area contributed by atoms with Crippen LogP contribution >= 0.6 is 0 Å². The Labute approximate surface area is 269 Å². The van der Waals surface area contributed by atoms with Gasteiger partial charge in [0, 0.05) is 54.5 Å². The molecule has 3 aromatic rings. The lowest BCUT2D eigenvalue weighted by molar-refractivity contribution is -0.166. The smallest absolute Gasteiger partial charge is 0.356 e. The fraction of sp³-hybridized carbons (Fsp3) is 0.657. The van der Waals surface area contributed by atoms with Crippen molar-refractivity contribution in [3.8, 4) is 11.3 Å². The summed E-state index contributed by atoms with van der Waals surface area (Å²) < 4.78 is 79.9. The Morgan fingerprint density at radius 3 is 2.21 bits per heavy atom. The Morgan fingerprint density at radius 1 is 0.872 bits per heavy atom. The number of aromatic nitrogens is 3. The van der Waals surface area contributed by atoms with E-state index in [4.69, 9.17) is 9.05 Å². The van der Waals surface area contributed by atoms with E-state index in [9.17, 15) is 26.7 Å². The highest BCUT2D eigenvalue weighted by Gasteiger charge is 2.68. The minimum Gasteiger partial charge on any atom is -0.356 e. The molecule has 6 fully saturated rings. The van der Waals surface area contributed by atoms with E-state index in [1.54, 1.807) is 0 Å². The number of carbonyl (C=O) groups excluding carboxylic acids is 1. The zero-order valence-electron chi connectivity index (χ0n) is 26.3. The fourth-order valence-corrected chi connectivity index (χ4v) is 8.36. The van der Waals surface area contributed by atoms with Crippen molar-refractivity contribution in [3.05, 3.63) is 47.7 Å². The molecule has 0 saturated heterocycles. The van der Waals surface area contributed by atoms with Crippen LogP contribution < -0.4 is 4.90 Å². The molecule has 6 aliphatic carbocycles. The van der Waals surface area contributed by atoms with Crippen LogP contribution in [0.15, 0.2) is 39.4 Å². The molecule has 1 amide bonds. The third-order valence-electron chi connectivity index (χ3n) is 12.1. The van der Waals surface area contributed by atoms with E-state index in [2.05, 4.69) is 15.3 Å². The highest BCUT2D eigenvalue weighted by molar-refractivity contribution is 5.94. The van der Waals surface area contributed by atoms with Crippen molar-refractivity contribution in [1.29, 1.82) is 0 Å². The second-order valence-electron chi connectivity index (χ2n) is 15.2. The second-order valence-corrected chi connectivity index (χ2v) is 15.2. The summed E-state index contributed by atoms with van der Waals surface area (Å²) in [5.41, 5.74) is -0.122. The Morgan fingerprint density at radius 2 is 1.57 bits per heavy atom. The van der Waals surface area contributed by atoms with Crippen molar-refractivity contribution in [3.63, 3.8) is 0 Å². The molecular formula is C35H39F5N4O3. The molecule has 2 aromatic heterocycles. The predicted molar refractivity (Wildman–Crippen MR) is 161 cm³/mol. The Bertz CT molecular complexity index is 1620. The topological polar surface area (TPSA) is 85.3 Å². The minimum absolute atomic E-state index is 0.0271. The van der Waals surface area contributed by atoms with Crippen LogP contribution in [0.3, 0.4) is 0 Å². The maximum atomic E-state index is 14.1. The molecule has 12 heteroatoms. The lowest BCUT2D eigenvalue weighted by Crippen LogP contribution is -2.51. The molecule has 6 aliphatic rings. The van der Waals surface area contributed by atoms with Gasteiger partial charge in [-0.15, -0.1) is 0 Å². The predicted octanol–water partition coefficient (Wildman–Crippen LogP) is 9.04. The molecule has 7 nitrogen and oxygen atoms in total. The molecule has 0 radical (unpaired) electrons. The van der Waals surface area contributed by atoms with Gasteiger partial charge in [-0.3, -0.25) is 4.79 Å². The molecule has 2 bridgehead atoms. The standard InChI is InChI=1S/C35H39F5N4O3/c36-34(37)8-6-22(7-9-34)18-28(45)44(25-3-1-2-24(19-25)27-20-26(42-46-27)23-4-5-23)21-31-10-13-32(14-11-31,15-12-31)29-41-30(47-43-29)33(16-17-33)35(38,39)40/h1-3,19-20,22-23H,4-18,21H2. The number of anilines is 1. The van der Waals surface area contributed by atoms with Gasteiger partial charge >= 0.3 is 6.18 Å². The molecule has 6 saturated carbocycles. The third kappa shape index (κ3) is 5.67. The summed E-state index contributed by atoms with van der Waals surface area (Å²) in [7, 11) is 0. The largest absolute Gasteiger partial charge is 0.403 e. The molecule has 47 heavy (non-hydrogen) atoms. The number of nitrogens with zero attached hydrogens (tertiary/aromatic N) is 4. The maximum absolute atomic E-state index is 14.1. The molecule has 0 N–H and O–H groups in total. The molecule has 2 heterocycles.